The van der Waals surface area contributed by atoms with Gasteiger partial charge in [-0.2, -0.15) is 20.5 Å². The van der Waals surface area contributed by atoms with Gasteiger partial charge >= 0.3 is 0 Å². The summed E-state index contributed by atoms with van der Waals surface area (Å²) in [7, 11) is 0. The van der Waals surface area contributed by atoms with Crippen LogP contribution in [0.4, 0.5) is 11.5 Å². The Morgan fingerprint density at radius 3 is 2.66 bits per heavy atom. The average molecular weight is 550 g/mol. The van der Waals surface area contributed by atoms with Crippen LogP contribution in [0.5, 0.6) is 0 Å². The Labute approximate surface area is 237 Å². The molecule has 0 atom stereocenters. The Kier molecular flexibility index (Phi) is 7.35. The highest BCUT2D eigenvalue weighted by atomic mass is 16.2. The maximum absolute atomic E-state index is 13.2. The van der Waals surface area contributed by atoms with E-state index in [-0.39, 0.29) is 18.5 Å². The Balaban J connectivity index is 1.19. The van der Waals surface area contributed by atoms with Crippen molar-refractivity contribution in [1.29, 1.82) is 0 Å². The molecule has 3 aromatic heterocycles. The van der Waals surface area contributed by atoms with Crippen molar-refractivity contribution in [2.45, 2.75) is 45.3 Å². The van der Waals surface area contributed by atoms with E-state index in [9.17, 15) is 4.79 Å². The Hall–Kier alpha value is -5.13. The van der Waals surface area contributed by atoms with Gasteiger partial charge in [-0.15, -0.1) is 0 Å². The van der Waals surface area contributed by atoms with Crippen LogP contribution in [-0.4, -0.2) is 66.2 Å². The van der Waals surface area contributed by atoms with Gasteiger partial charge in [0.15, 0.2) is 5.82 Å². The van der Waals surface area contributed by atoms with Crippen LogP contribution in [0.3, 0.4) is 0 Å². The van der Waals surface area contributed by atoms with E-state index in [4.69, 9.17) is 10.1 Å². The zero-order chi connectivity index (χ0) is 28.2. The second-order valence-electron chi connectivity index (χ2n) is 10.1. The largest absolute Gasteiger partial charge is 0.338 e. The highest BCUT2D eigenvalue weighted by Crippen LogP contribution is 2.26. The van der Waals surface area contributed by atoms with Crippen LogP contribution < -0.4 is 10.6 Å². The molecule has 2 aliphatic rings. The third kappa shape index (κ3) is 5.91. The molecule has 0 bridgehead atoms. The number of nitrogens with zero attached hydrogens (tertiary/aromatic N) is 8. The summed E-state index contributed by atoms with van der Waals surface area (Å²) in [5.41, 5.74) is 6.94. The van der Waals surface area contributed by atoms with E-state index in [1.54, 1.807) is 22.0 Å². The van der Waals surface area contributed by atoms with Crippen molar-refractivity contribution in [2.24, 2.45) is 9.98 Å². The van der Waals surface area contributed by atoms with Gasteiger partial charge in [0.1, 0.15) is 12.2 Å². The lowest BCUT2D eigenvalue weighted by Crippen LogP contribution is -2.38. The molecule has 0 radical (unpaired) electrons. The van der Waals surface area contributed by atoms with Gasteiger partial charge < -0.3 is 15.5 Å². The molecule has 0 spiro atoms. The highest BCUT2D eigenvalue weighted by molar-refractivity contribution is 5.87. The van der Waals surface area contributed by atoms with Gasteiger partial charge in [0.25, 0.3) is 0 Å². The van der Waals surface area contributed by atoms with Gasteiger partial charge in [-0.3, -0.25) is 14.5 Å². The zero-order valence-corrected chi connectivity index (χ0v) is 22.8. The molecule has 12 heteroatoms. The van der Waals surface area contributed by atoms with E-state index in [1.165, 1.54) is 11.1 Å². The molecule has 1 aromatic carbocycles. The first-order valence-corrected chi connectivity index (χ1v) is 13.5. The smallest absolute Gasteiger partial charge is 0.244 e. The summed E-state index contributed by atoms with van der Waals surface area (Å²) in [5, 5.41) is 22.2. The molecule has 0 saturated carbocycles. The van der Waals surface area contributed by atoms with Crippen molar-refractivity contribution in [3.63, 3.8) is 0 Å². The number of allylic oxidation sites excluding steroid dienone is 1. The van der Waals surface area contributed by atoms with Crippen molar-refractivity contribution >= 4 is 35.7 Å². The number of benzene rings is 1. The lowest BCUT2D eigenvalue weighted by atomic mass is 10.1. The average Bonchev–Trinajstić information content (AvgIpc) is 3.73. The van der Waals surface area contributed by atoms with Crippen molar-refractivity contribution in [2.75, 3.05) is 11.9 Å². The van der Waals surface area contributed by atoms with Crippen molar-refractivity contribution in [1.82, 2.24) is 40.4 Å². The van der Waals surface area contributed by atoms with Gasteiger partial charge in [-0.1, -0.05) is 24.3 Å². The summed E-state index contributed by atoms with van der Waals surface area (Å²) < 4.78 is 1.66. The van der Waals surface area contributed by atoms with Crippen LogP contribution in [0, 0.1) is 0 Å². The maximum atomic E-state index is 13.2. The number of anilines is 2. The second-order valence-corrected chi connectivity index (χ2v) is 10.1. The number of carbonyl (C=O) groups excluding carboxylic acids is 1. The molecule has 208 valence electrons. The number of guanidine groups is 1. The molecule has 0 saturated heterocycles. The van der Waals surface area contributed by atoms with Gasteiger partial charge in [0.05, 0.1) is 18.3 Å². The molecule has 0 fully saturated rings. The number of fused-ring (bicyclic) bond motifs is 2. The molecule has 1 amide bonds. The van der Waals surface area contributed by atoms with E-state index >= 15 is 0 Å². The fourth-order valence-corrected chi connectivity index (χ4v) is 5.18. The van der Waals surface area contributed by atoms with E-state index in [0.29, 0.717) is 31.3 Å². The van der Waals surface area contributed by atoms with Crippen LogP contribution in [-0.2, 0) is 37.1 Å². The monoisotopic (exact) mass is 549 g/mol. The third-order valence-electron chi connectivity index (χ3n) is 7.34. The fourth-order valence-electron chi connectivity index (χ4n) is 5.18. The molecule has 3 N–H and O–H groups in total. The number of amides is 1. The molecule has 1 aliphatic heterocycles. The first kappa shape index (κ1) is 26.1. The van der Waals surface area contributed by atoms with Gasteiger partial charge in [0, 0.05) is 49.0 Å². The number of H-pyrrole nitrogens is 1. The molecule has 1 aliphatic carbocycles. The molecule has 12 nitrogen and oxygen atoms in total. The Morgan fingerprint density at radius 1 is 1.15 bits per heavy atom. The standard InChI is InChI=1S/C29H31N11O/c1-19(15-32-29(30-2)34-23-13-20-5-3-4-6-21(20)14-23)24-16-40(37-28(24)33-22-7-10-31-11-8-22)18-27(41)39-12-9-25-26(17-39)36-38-35-25/h3-8,10-11,15-16,23H,2,9,12-14,17-18H2,1H3,(H,32,34)(H,31,33,37)(H,35,36,38)/b19-15+. The van der Waals surface area contributed by atoms with Gasteiger partial charge in [-0.05, 0) is 55.3 Å². The number of hydrogen-bond acceptors (Lipinski definition) is 7. The normalized spacial score (nSPS) is 15.4. The van der Waals surface area contributed by atoms with Gasteiger partial charge in [-0.25, -0.2) is 9.98 Å². The van der Waals surface area contributed by atoms with Crippen LogP contribution in [0.1, 0.15) is 35.0 Å². The Bertz CT molecular complexity index is 1590. The number of nitrogens with one attached hydrogen (secondary N) is 3. The molecule has 0 unspecified atom stereocenters. The molecular weight excluding hydrogens is 518 g/mol. The molecule has 4 heterocycles. The number of rotatable bonds is 7. The van der Waals surface area contributed by atoms with Gasteiger partial charge in [0.2, 0.25) is 11.9 Å². The number of aromatic nitrogens is 6. The molecular formula is C29H31N11O. The topological polar surface area (TPSA) is 141 Å². The number of carbonyl (C=O) groups is 1. The number of pyridine rings is 1. The molecule has 6 rings (SSSR count). The minimum Gasteiger partial charge on any atom is -0.338 e. The summed E-state index contributed by atoms with van der Waals surface area (Å²) >= 11 is 0. The maximum Gasteiger partial charge on any atom is 0.244 e. The van der Waals surface area contributed by atoms with Crippen LogP contribution in [0.15, 0.2) is 71.2 Å². The van der Waals surface area contributed by atoms with Crippen molar-refractivity contribution < 1.29 is 4.79 Å². The fraction of sp³-hybridized carbons (Fsp3) is 0.276. The summed E-state index contributed by atoms with van der Waals surface area (Å²) in [6.45, 7) is 6.81. The predicted molar refractivity (Wildman–Crippen MR) is 157 cm³/mol. The van der Waals surface area contributed by atoms with Crippen LogP contribution in [0.2, 0.25) is 0 Å². The lowest BCUT2D eigenvalue weighted by Gasteiger charge is -2.25. The Morgan fingerprint density at radius 2 is 1.90 bits per heavy atom. The van der Waals surface area contributed by atoms with E-state index < -0.39 is 0 Å². The summed E-state index contributed by atoms with van der Waals surface area (Å²) in [6.07, 6.45) is 9.57. The third-order valence-corrected chi connectivity index (χ3v) is 7.34. The van der Waals surface area contributed by atoms with E-state index in [0.717, 1.165) is 41.1 Å². The quantitative estimate of drug-likeness (QED) is 0.238. The molecule has 4 aromatic rings. The number of aliphatic imine (C=N–C) groups is 2. The number of aromatic amines is 1. The van der Waals surface area contributed by atoms with E-state index in [2.05, 4.69) is 67.0 Å². The van der Waals surface area contributed by atoms with Crippen molar-refractivity contribution in [3.05, 3.63) is 89.3 Å². The predicted octanol–water partition coefficient (Wildman–Crippen LogP) is 2.90. The summed E-state index contributed by atoms with van der Waals surface area (Å²) in [4.78, 5) is 28.0. The first-order chi connectivity index (χ1) is 20.1. The summed E-state index contributed by atoms with van der Waals surface area (Å²) in [5.74, 6) is 1.05. The lowest BCUT2D eigenvalue weighted by molar-refractivity contribution is -0.133. The first-order valence-electron chi connectivity index (χ1n) is 13.5. The highest BCUT2D eigenvalue weighted by Gasteiger charge is 2.25. The molecule has 41 heavy (non-hydrogen) atoms. The SMILES string of the molecule is C=NC(=NC1Cc2ccccc2C1)N/C=C(\C)c1cn(CC(=O)N2CCc3n[nH]nc3C2)nc1Nc1ccncc1. The number of hydrogen-bond donors (Lipinski definition) is 3. The van der Waals surface area contributed by atoms with Crippen LogP contribution in [0.25, 0.3) is 5.57 Å². The van der Waals surface area contributed by atoms with Crippen molar-refractivity contribution in [3.8, 4) is 0 Å². The second kappa shape index (κ2) is 11.5. The summed E-state index contributed by atoms with van der Waals surface area (Å²) in [6, 6.07) is 12.3. The minimum atomic E-state index is -0.0363. The minimum absolute atomic E-state index is 0.0363. The zero-order valence-electron chi connectivity index (χ0n) is 22.8. The van der Waals surface area contributed by atoms with E-state index in [1.807, 2.05) is 31.5 Å². The van der Waals surface area contributed by atoms with Crippen LogP contribution >= 0.6 is 0 Å².